The number of rotatable bonds is 8. The Bertz CT molecular complexity index is 879. The molecule has 170 valence electrons. The Balaban J connectivity index is 1.58. The average Bonchev–Trinajstić information content (AvgIpc) is 3.58. The van der Waals surface area contributed by atoms with E-state index in [1.807, 2.05) is 6.92 Å². The van der Waals surface area contributed by atoms with Gasteiger partial charge in [0.25, 0.3) is 0 Å². The Morgan fingerprint density at radius 2 is 1.77 bits per heavy atom. The predicted octanol–water partition coefficient (Wildman–Crippen LogP) is -0.169. The molecule has 0 radical (unpaired) electrons. The van der Waals surface area contributed by atoms with E-state index in [0.29, 0.717) is 12.3 Å². The Hall–Kier alpha value is -2.01. The average molecular weight is 434 g/mol. The molecule has 0 unspecified atom stereocenters. The second kappa shape index (κ2) is 9.23. The summed E-state index contributed by atoms with van der Waals surface area (Å²) in [6.07, 6.45) is -3.90. The van der Waals surface area contributed by atoms with Crippen LogP contribution in [0.5, 0.6) is 5.88 Å². The lowest BCUT2D eigenvalue weighted by Crippen LogP contribution is -2.60. The quantitative estimate of drug-likeness (QED) is 0.386. The highest BCUT2D eigenvalue weighted by Gasteiger charge is 2.45. The fourth-order valence-electron chi connectivity index (χ4n) is 3.97. The molecular formula is C22H30N2O7. The van der Waals surface area contributed by atoms with Gasteiger partial charge in [0, 0.05) is 17.7 Å². The highest BCUT2D eigenvalue weighted by molar-refractivity contribution is 5.38. The van der Waals surface area contributed by atoms with E-state index in [2.05, 4.69) is 29.4 Å². The van der Waals surface area contributed by atoms with Crippen molar-refractivity contribution in [3.63, 3.8) is 0 Å². The molecule has 1 saturated carbocycles. The Labute approximate surface area is 180 Å². The third-order valence-electron chi connectivity index (χ3n) is 6.09. The van der Waals surface area contributed by atoms with Crippen molar-refractivity contribution in [2.45, 2.75) is 69.4 Å². The van der Waals surface area contributed by atoms with E-state index < -0.39 is 37.3 Å². The summed E-state index contributed by atoms with van der Waals surface area (Å²) in [5.41, 5.74) is 3.98. The highest BCUT2D eigenvalue weighted by atomic mass is 16.7. The maximum absolute atomic E-state index is 10.3. The Morgan fingerprint density at radius 1 is 1.06 bits per heavy atom. The van der Waals surface area contributed by atoms with Crippen molar-refractivity contribution in [2.24, 2.45) is 0 Å². The van der Waals surface area contributed by atoms with E-state index in [1.54, 1.807) is 4.68 Å². The van der Waals surface area contributed by atoms with Crippen LogP contribution in [0.15, 0.2) is 24.3 Å². The smallest absolute Gasteiger partial charge is 0.239 e. The molecule has 5 atom stereocenters. The van der Waals surface area contributed by atoms with E-state index >= 15 is 0 Å². The molecule has 5 N–H and O–H groups in total. The summed E-state index contributed by atoms with van der Waals surface area (Å²) in [4.78, 5) is 0. The van der Waals surface area contributed by atoms with Gasteiger partial charge in [-0.05, 0) is 36.8 Å². The van der Waals surface area contributed by atoms with Crippen molar-refractivity contribution in [1.29, 1.82) is 0 Å². The van der Waals surface area contributed by atoms with E-state index in [0.717, 1.165) is 16.8 Å². The van der Waals surface area contributed by atoms with E-state index in [1.165, 1.54) is 18.4 Å². The second-order valence-corrected chi connectivity index (χ2v) is 8.32. The maximum Gasteiger partial charge on any atom is 0.239 e. The minimum absolute atomic E-state index is 0.0997. The number of benzene rings is 1. The maximum atomic E-state index is 10.3. The summed E-state index contributed by atoms with van der Waals surface area (Å²) in [6, 6.07) is 8.43. The van der Waals surface area contributed by atoms with Crippen molar-refractivity contribution in [1.82, 2.24) is 9.78 Å². The third kappa shape index (κ3) is 4.62. The zero-order valence-electron chi connectivity index (χ0n) is 17.5. The molecular weight excluding hydrogens is 404 g/mol. The zero-order valence-corrected chi connectivity index (χ0v) is 17.5. The molecule has 2 aliphatic rings. The van der Waals surface area contributed by atoms with Gasteiger partial charge in [0.1, 0.15) is 24.4 Å². The van der Waals surface area contributed by atoms with Gasteiger partial charge in [-0.3, -0.25) is 4.68 Å². The van der Waals surface area contributed by atoms with Crippen molar-refractivity contribution in [2.75, 3.05) is 13.2 Å². The van der Waals surface area contributed by atoms with Crippen LogP contribution in [0, 0.1) is 6.92 Å². The number of ether oxygens (including phenoxy) is 2. The Morgan fingerprint density at radius 3 is 2.39 bits per heavy atom. The van der Waals surface area contributed by atoms with Crippen LogP contribution in [0.3, 0.4) is 0 Å². The molecule has 1 aliphatic carbocycles. The van der Waals surface area contributed by atoms with Gasteiger partial charge in [-0.1, -0.05) is 24.3 Å². The first kappa shape index (κ1) is 22.2. The summed E-state index contributed by atoms with van der Waals surface area (Å²) >= 11 is 0. The molecule has 0 spiro atoms. The van der Waals surface area contributed by atoms with Crippen LogP contribution in [-0.4, -0.2) is 79.2 Å². The minimum Gasteiger partial charge on any atom is -0.443 e. The van der Waals surface area contributed by atoms with Crippen LogP contribution in [-0.2, 0) is 17.7 Å². The summed E-state index contributed by atoms with van der Waals surface area (Å²) in [7, 11) is 0. The van der Waals surface area contributed by atoms with Crippen LogP contribution in [0.25, 0.3) is 0 Å². The molecule has 9 heteroatoms. The van der Waals surface area contributed by atoms with Crippen LogP contribution in [0.2, 0.25) is 0 Å². The van der Waals surface area contributed by atoms with Crippen molar-refractivity contribution in [3.8, 4) is 5.88 Å². The molecule has 1 aromatic heterocycles. The molecule has 9 nitrogen and oxygen atoms in total. The van der Waals surface area contributed by atoms with Crippen molar-refractivity contribution >= 4 is 0 Å². The number of aliphatic hydroxyl groups excluding tert-OH is 5. The van der Waals surface area contributed by atoms with Crippen LogP contribution < -0.4 is 4.74 Å². The first-order valence-corrected chi connectivity index (χ1v) is 10.7. The molecule has 2 heterocycles. The molecule has 0 amide bonds. The number of hydrogen-bond acceptors (Lipinski definition) is 8. The minimum atomic E-state index is -1.53. The highest BCUT2D eigenvalue weighted by Crippen LogP contribution is 2.40. The number of nitrogens with zero attached hydrogens (tertiary/aromatic N) is 2. The summed E-state index contributed by atoms with van der Waals surface area (Å²) in [5.74, 6) is 0.884. The van der Waals surface area contributed by atoms with Gasteiger partial charge in [-0.15, -0.1) is 5.10 Å². The van der Waals surface area contributed by atoms with Crippen molar-refractivity contribution in [3.05, 3.63) is 46.6 Å². The van der Waals surface area contributed by atoms with Gasteiger partial charge in [-0.25, -0.2) is 0 Å². The Kier molecular flexibility index (Phi) is 6.61. The van der Waals surface area contributed by atoms with Crippen LogP contribution >= 0.6 is 0 Å². The molecule has 1 aromatic carbocycles. The standard InChI is InChI=1S/C22H30N2O7/c1-12-16(10-13-2-4-14(5-3-13)15-6-7-15)21(23-24(12)8-9-25)31-22-20(29)19(28)18(27)17(11-26)30-22/h2-5,15,17-20,22,25-29H,6-11H2,1H3/t17-,18-,19+,20-,22+/m1/s1. The SMILES string of the molecule is Cc1c(Cc2ccc(C3CC3)cc2)c(O[C@@H]2O[C@H](CO)[C@@H](O)[C@H](O)[C@H]2O)nn1CCO. The summed E-state index contributed by atoms with van der Waals surface area (Å²) in [6.45, 7) is 1.51. The number of aliphatic hydroxyl groups is 5. The zero-order chi connectivity index (χ0) is 22.1. The van der Waals surface area contributed by atoms with Gasteiger partial charge in [-0.2, -0.15) is 0 Å². The van der Waals surface area contributed by atoms with Gasteiger partial charge in [0.15, 0.2) is 0 Å². The van der Waals surface area contributed by atoms with Crippen LogP contribution in [0.4, 0.5) is 0 Å². The largest absolute Gasteiger partial charge is 0.443 e. The molecule has 31 heavy (non-hydrogen) atoms. The molecule has 1 aliphatic heterocycles. The lowest BCUT2D eigenvalue weighted by Gasteiger charge is -2.39. The molecule has 2 aromatic rings. The fraction of sp³-hybridized carbons (Fsp3) is 0.591. The lowest BCUT2D eigenvalue weighted by atomic mass is 9.99. The van der Waals surface area contributed by atoms with Gasteiger partial charge in [0.2, 0.25) is 12.2 Å². The van der Waals surface area contributed by atoms with E-state index in [4.69, 9.17) is 9.47 Å². The number of aromatic nitrogens is 2. The van der Waals surface area contributed by atoms with Crippen molar-refractivity contribution < 1.29 is 35.0 Å². The monoisotopic (exact) mass is 434 g/mol. The van der Waals surface area contributed by atoms with Crippen LogP contribution in [0.1, 0.15) is 41.1 Å². The summed E-state index contributed by atoms with van der Waals surface area (Å²) < 4.78 is 12.9. The third-order valence-corrected chi connectivity index (χ3v) is 6.09. The number of hydrogen-bond donors (Lipinski definition) is 5. The fourth-order valence-corrected chi connectivity index (χ4v) is 3.97. The first-order chi connectivity index (χ1) is 14.9. The van der Waals surface area contributed by atoms with Gasteiger partial charge in [0.05, 0.1) is 19.8 Å². The normalized spacial score (nSPS) is 28.6. The van der Waals surface area contributed by atoms with Gasteiger partial charge >= 0.3 is 0 Å². The molecule has 1 saturated heterocycles. The molecule has 0 bridgehead atoms. The van der Waals surface area contributed by atoms with E-state index in [9.17, 15) is 25.5 Å². The summed E-state index contributed by atoms with van der Waals surface area (Å²) in [5, 5.41) is 53.5. The first-order valence-electron chi connectivity index (χ1n) is 10.7. The molecule has 2 fully saturated rings. The lowest BCUT2D eigenvalue weighted by molar-refractivity contribution is -0.278. The molecule has 4 rings (SSSR count). The van der Waals surface area contributed by atoms with E-state index in [-0.39, 0.29) is 19.0 Å². The topological polar surface area (TPSA) is 137 Å². The predicted molar refractivity (Wildman–Crippen MR) is 110 cm³/mol. The van der Waals surface area contributed by atoms with Gasteiger partial charge < -0.3 is 35.0 Å². The second-order valence-electron chi connectivity index (χ2n) is 8.32.